The van der Waals surface area contributed by atoms with Gasteiger partial charge >= 0.3 is 0 Å². The molecule has 6 nitrogen and oxygen atoms in total. The lowest BCUT2D eigenvalue weighted by Crippen LogP contribution is -2.35. The van der Waals surface area contributed by atoms with Crippen LogP contribution < -0.4 is 4.74 Å². The van der Waals surface area contributed by atoms with Gasteiger partial charge in [-0.15, -0.1) is 0 Å². The highest BCUT2D eigenvalue weighted by Gasteiger charge is 2.27. The highest BCUT2D eigenvalue weighted by atomic mass is 35.5. The Balaban J connectivity index is 1.81. The zero-order chi connectivity index (χ0) is 21.0. The van der Waals surface area contributed by atoms with E-state index in [1.165, 1.54) is 15.3 Å². The number of piperidine rings is 1. The molecule has 0 aromatic heterocycles. The van der Waals surface area contributed by atoms with E-state index in [-0.39, 0.29) is 17.3 Å². The Morgan fingerprint density at radius 3 is 2.55 bits per heavy atom. The van der Waals surface area contributed by atoms with Crippen LogP contribution >= 0.6 is 11.6 Å². The second-order valence-corrected chi connectivity index (χ2v) is 9.48. The summed E-state index contributed by atoms with van der Waals surface area (Å²) >= 11 is 6.07. The Morgan fingerprint density at radius 2 is 1.86 bits per heavy atom. The summed E-state index contributed by atoms with van der Waals surface area (Å²) in [7, 11) is -0.374. The van der Waals surface area contributed by atoms with Gasteiger partial charge in [0.15, 0.2) is 0 Å². The van der Waals surface area contributed by atoms with Crippen molar-refractivity contribution in [2.24, 2.45) is 0 Å². The first kappa shape index (κ1) is 21.6. The molecule has 0 spiro atoms. The Kier molecular flexibility index (Phi) is 6.82. The maximum atomic E-state index is 12.9. The number of rotatable bonds is 6. The molecule has 1 aliphatic heterocycles. The topological polar surface area (TPSA) is 66.9 Å². The summed E-state index contributed by atoms with van der Waals surface area (Å²) in [6.45, 7) is 1.33. The standard InChI is InChI=1S/C21H25ClN2O4S/c1-23(15-17-13-18(22)9-10-20(17)28-2)21(25)16-7-6-8-19(14-16)29(26,27)24-11-4-3-5-12-24/h6-10,13-14H,3-5,11-12,15H2,1-2H3. The van der Waals surface area contributed by atoms with Crippen LogP contribution in [0.4, 0.5) is 0 Å². The minimum Gasteiger partial charge on any atom is -0.496 e. The quantitative estimate of drug-likeness (QED) is 0.690. The highest BCUT2D eigenvalue weighted by Crippen LogP contribution is 2.25. The predicted octanol–water partition coefficient (Wildman–Crippen LogP) is 3.80. The van der Waals surface area contributed by atoms with E-state index >= 15 is 0 Å². The van der Waals surface area contributed by atoms with Gasteiger partial charge < -0.3 is 9.64 Å². The molecule has 0 bridgehead atoms. The normalized spacial score (nSPS) is 15.1. The summed E-state index contributed by atoms with van der Waals surface area (Å²) in [5.41, 5.74) is 1.10. The van der Waals surface area contributed by atoms with Gasteiger partial charge in [0.2, 0.25) is 10.0 Å². The highest BCUT2D eigenvalue weighted by molar-refractivity contribution is 7.89. The Morgan fingerprint density at radius 1 is 1.14 bits per heavy atom. The predicted molar refractivity (Wildman–Crippen MR) is 113 cm³/mol. The van der Waals surface area contributed by atoms with Crippen molar-refractivity contribution in [2.45, 2.75) is 30.7 Å². The smallest absolute Gasteiger partial charge is 0.253 e. The molecule has 0 saturated carbocycles. The van der Waals surface area contributed by atoms with E-state index in [4.69, 9.17) is 16.3 Å². The van der Waals surface area contributed by atoms with Crippen molar-refractivity contribution in [1.29, 1.82) is 0 Å². The van der Waals surface area contributed by atoms with E-state index < -0.39 is 10.0 Å². The molecule has 156 valence electrons. The van der Waals surface area contributed by atoms with Crippen LogP contribution in [0.25, 0.3) is 0 Å². The maximum absolute atomic E-state index is 12.9. The number of carbonyl (C=O) groups is 1. The molecule has 0 aliphatic carbocycles. The molecule has 8 heteroatoms. The number of hydrogen-bond acceptors (Lipinski definition) is 4. The lowest BCUT2D eigenvalue weighted by atomic mass is 10.1. The first-order chi connectivity index (χ1) is 13.8. The lowest BCUT2D eigenvalue weighted by Gasteiger charge is -2.26. The van der Waals surface area contributed by atoms with Crippen molar-refractivity contribution in [2.75, 3.05) is 27.2 Å². The van der Waals surface area contributed by atoms with Gasteiger partial charge in [-0.2, -0.15) is 4.31 Å². The number of amides is 1. The number of ether oxygens (including phenoxy) is 1. The van der Waals surface area contributed by atoms with Crippen LogP contribution in [-0.2, 0) is 16.6 Å². The molecule has 0 N–H and O–H groups in total. The van der Waals surface area contributed by atoms with Crippen LogP contribution in [-0.4, -0.2) is 50.8 Å². The molecule has 0 radical (unpaired) electrons. The van der Waals surface area contributed by atoms with Gasteiger partial charge in [-0.3, -0.25) is 4.79 Å². The third-order valence-corrected chi connectivity index (χ3v) is 7.16. The summed E-state index contributed by atoms with van der Waals surface area (Å²) in [6.07, 6.45) is 2.77. The molecule has 29 heavy (non-hydrogen) atoms. The van der Waals surface area contributed by atoms with Crippen LogP contribution in [0.5, 0.6) is 5.75 Å². The summed E-state index contributed by atoms with van der Waals surface area (Å²) in [4.78, 5) is 14.6. The minimum absolute atomic E-state index is 0.152. The van der Waals surface area contributed by atoms with Crippen LogP contribution in [0, 0.1) is 0 Å². The Bertz CT molecular complexity index is 988. The Labute approximate surface area is 177 Å². The van der Waals surface area contributed by atoms with Crippen LogP contribution in [0.3, 0.4) is 0 Å². The minimum atomic E-state index is -3.59. The molecule has 1 amide bonds. The van der Waals surface area contributed by atoms with E-state index in [0.29, 0.717) is 29.4 Å². The maximum Gasteiger partial charge on any atom is 0.253 e. The second kappa shape index (κ2) is 9.15. The van der Waals surface area contributed by atoms with Crippen molar-refractivity contribution in [3.63, 3.8) is 0 Å². The molecule has 1 fully saturated rings. The van der Waals surface area contributed by atoms with E-state index in [2.05, 4.69) is 0 Å². The van der Waals surface area contributed by atoms with E-state index in [9.17, 15) is 13.2 Å². The van der Waals surface area contributed by atoms with Crippen LogP contribution in [0.15, 0.2) is 47.4 Å². The molecule has 2 aromatic carbocycles. The molecule has 0 atom stereocenters. The van der Waals surface area contributed by atoms with Gasteiger partial charge in [-0.1, -0.05) is 24.1 Å². The summed E-state index contributed by atoms with van der Waals surface area (Å²) < 4.78 is 32.7. The first-order valence-electron chi connectivity index (χ1n) is 9.51. The molecular weight excluding hydrogens is 412 g/mol. The monoisotopic (exact) mass is 436 g/mol. The summed E-state index contributed by atoms with van der Waals surface area (Å²) in [5, 5.41) is 0.552. The van der Waals surface area contributed by atoms with Crippen molar-refractivity contribution < 1.29 is 17.9 Å². The number of nitrogens with zero attached hydrogens (tertiary/aromatic N) is 2. The fourth-order valence-corrected chi connectivity index (χ4v) is 5.22. The van der Waals surface area contributed by atoms with Crippen molar-refractivity contribution in [1.82, 2.24) is 9.21 Å². The van der Waals surface area contributed by atoms with Gasteiger partial charge in [0.05, 0.1) is 12.0 Å². The number of benzene rings is 2. The van der Waals surface area contributed by atoms with E-state index in [1.807, 2.05) is 0 Å². The van der Waals surface area contributed by atoms with Crippen molar-refractivity contribution >= 4 is 27.5 Å². The number of hydrogen-bond donors (Lipinski definition) is 0. The number of sulfonamides is 1. The zero-order valence-electron chi connectivity index (χ0n) is 16.6. The second-order valence-electron chi connectivity index (χ2n) is 7.11. The van der Waals surface area contributed by atoms with Gasteiger partial charge in [0.1, 0.15) is 5.75 Å². The van der Waals surface area contributed by atoms with Gasteiger partial charge in [-0.25, -0.2) is 8.42 Å². The Hall–Kier alpha value is -2.09. The van der Waals surface area contributed by atoms with Crippen molar-refractivity contribution in [3.8, 4) is 5.75 Å². The van der Waals surface area contributed by atoms with Crippen LogP contribution in [0.1, 0.15) is 35.2 Å². The summed E-state index contributed by atoms with van der Waals surface area (Å²) in [5.74, 6) is 0.359. The third-order valence-electron chi connectivity index (χ3n) is 5.03. The SMILES string of the molecule is COc1ccc(Cl)cc1CN(C)C(=O)c1cccc(S(=O)(=O)N2CCCCC2)c1. The van der Waals surface area contributed by atoms with Gasteiger partial charge in [0, 0.05) is 42.8 Å². The van der Waals surface area contributed by atoms with Crippen molar-refractivity contribution in [3.05, 3.63) is 58.6 Å². The van der Waals surface area contributed by atoms with Gasteiger partial charge in [-0.05, 0) is 49.2 Å². The first-order valence-corrected chi connectivity index (χ1v) is 11.3. The third kappa shape index (κ3) is 4.91. The fourth-order valence-electron chi connectivity index (χ4n) is 3.46. The number of methoxy groups -OCH3 is 1. The number of halogens is 1. The van der Waals surface area contributed by atoms with Crippen LogP contribution in [0.2, 0.25) is 5.02 Å². The molecule has 3 rings (SSSR count). The molecule has 1 heterocycles. The van der Waals surface area contributed by atoms with E-state index in [1.54, 1.807) is 50.6 Å². The average Bonchev–Trinajstić information content (AvgIpc) is 2.74. The van der Waals surface area contributed by atoms with Gasteiger partial charge in [0.25, 0.3) is 5.91 Å². The van der Waals surface area contributed by atoms with E-state index in [0.717, 1.165) is 24.8 Å². The molecule has 1 aliphatic rings. The fraction of sp³-hybridized carbons (Fsp3) is 0.381. The molecule has 2 aromatic rings. The average molecular weight is 437 g/mol. The lowest BCUT2D eigenvalue weighted by molar-refractivity contribution is 0.0784. The molecular formula is C21H25ClN2O4S. The molecule has 0 unspecified atom stereocenters. The number of carbonyl (C=O) groups excluding carboxylic acids is 1. The zero-order valence-corrected chi connectivity index (χ0v) is 18.2. The molecule has 1 saturated heterocycles. The summed E-state index contributed by atoms with van der Waals surface area (Å²) in [6, 6.07) is 11.5. The largest absolute Gasteiger partial charge is 0.496 e.